The Kier molecular flexibility index (Phi) is 6.04. The maximum atomic E-state index is 12.8. The monoisotopic (exact) mass is 468 g/mol. The number of nitrogens with zero attached hydrogens (tertiary/aromatic N) is 3. The highest BCUT2D eigenvalue weighted by atomic mass is 16.6. The summed E-state index contributed by atoms with van der Waals surface area (Å²) in [5.41, 5.74) is 2.10. The van der Waals surface area contributed by atoms with Crippen LogP contribution in [0.2, 0.25) is 0 Å². The summed E-state index contributed by atoms with van der Waals surface area (Å²) in [7, 11) is 1.58. The first kappa shape index (κ1) is 22.0. The summed E-state index contributed by atoms with van der Waals surface area (Å²) in [6.07, 6.45) is 0.256. The number of hydrogen-bond acceptors (Lipinski definition) is 8. The van der Waals surface area contributed by atoms with Gasteiger partial charge in [0.25, 0.3) is 11.4 Å². The fraction of sp³-hybridized carbons (Fsp3) is 0.115. The minimum absolute atomic E-state index is 0.161. The normalized spacial score (nSPS) is 10.9. The number of H-pyrrole nitrogens is 1. The summed E-state index contributed by atoms with van der Waals surface area (Å²) in [4.78, 5) is 36.8. The quantitative estimate of drug-likeness (QED) is 0.357. The number of aromatic nitrogens is 4. The van der Waals surface area contributed by atoms with Gasteiger partial charge in [0.1, 0.15) is 11.6 Å². The van der Waals surface area contributed by atoms with Crippen LogP contribution in [-0.2, 0) is 17.8 Å². The van der Waals surface area contributed by atoms with E-state index in [9.17, 15) is 9.59 Å². The van der Waals surface area contributed by atoms with Crippen molar-refractivity contribution >= 4 is 16.9 Å². The number of esters is 1. The molecule has 1 N–H and O–H groups in total. The molecule has 0 radical (unpaired) electrons. The van der Waals surface area contributed by atoms with Gasteiger partial charge in [-0.15, -0.1) is 0 Å². The van der Waals surface area contributed by atoms with Crippen molar-refractivity contribution in [3.63, 3.8) is 0 Å². The number of nitrogens with one attached hydrogen (secondary N) is 1. The fourth-order valence-electron chi connectivity index (χ4n) is 3.67. The summed E-state index contributed by atoms with van der Waals surface area (Å²) < 4.78 is 15.9. The van der Waals surface area contributed by atoms with Gasteiger partial charge in [0.05, 0.1) is 23.6 Å². The zero-order valence-corrected chi connectivity index (χ0v) is 18.7. The van der Waals surface area contributed by atoms with E-state index in [1.54, 1.807) is 49.6 Å². The van der Waals surface area contributed by atoms with E-state index in [0.717, 1.165) is 0 Å². The molecule has 2 heterocycles. The predicted molar refractivity (Wildman–Crippen MR) is 127 cm³/mol. The highest BCUT2D eigenvalue weighted by Gasteiger charge is 2.17. The van der Waals surface area contributed by atoms with E-state index in [-0.39, 0.29) is 24.5 Å². The van der Waals surface area contributed by atoms with Gasteiger partial charge >= 0.3 is 5.97 Å². The third-order valence-electron chi connectivity index (χ3n) is 5.38. The SMILES string of the molecule is COc1cccc(-c2noc(COC(=O)c3ccccc3Cc3nc4ccccc4c(=O)[nH]3)n2)c1. The Balaban J connectivity index is 1.31. The van der Waals surface area contributed by atoms with Crippen molar-refractivity contribution < 1.29 is 18.8 Å². The predicted octanol–water partition coefficient (Wildman–Crippen LogP) is 3.93. The zero-order chi connectivity index (χ0) is 24.2. The van der Waals surface area contributed by atoms with Gasteiger partial charge < -0.3 is 19.0 Å². The standard InChI is InChI=1S/C26H20N4O5/c1-33-18-9-6-8-17(13-18)24-29-23(35-30-24)15-34-26(32)19-10-3-2-7-16(19)14-22-27-21-12-5-4-11-20(21)25(31)28-22/h2-13H,14-15H2,1H3,(H,27,28,31). The number of aromatic amines is 1. The highest BCUT2D eigenvalue weighted by molar-refractivity contribution is 5.91. The first-order chi connectivity index (χ1) is 17.1. The molecule has 0 amide bonds. The number of hydrogen-bond donors (Lipinski definition) is 1. The van der Waals surface area contributed by atoms with E-state index in [1.165, 1.54) is 0 Å². The average molecular weight is 468 g/mol. The third kappa shape index (κ3) is 4.79. The molecule has 0 saturated heterocycles. The van der Waals surface area contributed by atoms with Gasteiger partial charge in [-0.1, -0.05) is 47.6 Å². The Bertz CT molecular complexity index is 1570. The summed E-state index contributed by atoms with van der Waals surface area (Å²) in [5.74, 6) is 1.09. The zero-order valence-electron chi connectivity index (χ0n) is 18.7. The van der Waals surface area contributed by atoms with E-state index in [0.29, 0.717) is 45.0 Å². The largest absolute Gasteiger partial charge is 0.497 e. The molecule has 5 aromatic rings. The molecule has 0 spiro atoms. The Labute approximate surface area is 199 Å². The van der Waals surface area contributed by atoms with Crippen LogP contribution in [0.1, 0.15) is 27.6 Å². The van der Waals surface area contributed by atoms with Crippen molar-refractivity contribution in [2.75, 3.05) is 7.11 Å². The van der Waals surface area contributed by atoms with Gasteiger partial charge in [-0.3, -0.25) is 4.79 Å². The van der Waals surface area contributed by atoms with Crippen LogP contribution in [0.3, 0.4) is 0 Å². The molecule has 0 aliphatic heterocycles. The summed E-state index contributed by atoms with van der Waals surface area (Å²) in [6, 6.07) is 21.3. The van der Waals surface area contributed by atoms with E-state index in [2.05, 4.69) is 20.1 Å². The molecule has 0 aliphatic carbocycles. The van der Waals surface area contributed by atoms with Gasteiger partial charge in [0.15, 0.2) is 6.61 Å². The molecule has 0 bridgehead atoms. The molecule has 0 unspecified atom stereocenters. The van der Waals surface area contributed by atoms with Gasteiger partial charge in [-0.25, -0.2) is 9.78 Å². The topological polar surface area (TPSA) is 120 Å². The van der Waals surface area contributed by atoms with Gasteiger partial charge in [0, 0.05) is 12.0 Å². The van der Waals surface area contributed by atoms with Crippen molar-refractivity contribution in [3.8, 4) is 17.1 Å². The number of carbonyl (C=O) groups is 1. The van der Waals surface area contributed by atoms with Crippen LogP contribution >= 0.6 is 0 Å². The number of methoxy groups -OCH3 is 1. The average Bonchev–Trinajstić information content (AvgIpc) is 3.37. The summed E-state index contributed by atoms with van der Waals surface area (Å²) in [6.45, 7) is -0.185. The van der Waals surface area contributed by atoms with Crippen LogP contribution in [0.15, 0.2) is 82.1 Å². The first-order valence-electron chi connectivity index (χ1n) is 10.8. The van der Waals surface area contributed by atoms with E-state index >= 15 is 0 Å². The molecule has 9 nitrogen and oxygen atoms in total. The Morgan fingerprint density at radius 2 is 1.83 bits per heavy atom. The smallest absolute Gasteiger partial charge is 0.338 e. The Morgan fingerprint density at radius 3 is 2.71 bits per heavy atom. The van der Waals surface area contributed by atoms with Gasteiger partial charge in [0.2, 0.25) is 5.82 Å². The molecule has 3 aromatic carbocycles. The molecular formula is C26H20N4O5. The highest BCUT2D eigenvalue weighted by Crippen LogP contribution is 2.22. The molecule has 35 heavy (non-hydrogen) atoms. The lowest BCUT2D eigenvalue weighted by molar-refractivity contribution is 0.0428. The molecule has 174 valence electrons. The van der Waals surface area contributed by atoms with Crippen molar-refractivity contribution in [1.29, 1.82) is 0 Å². The number of para-hydroxylation sites is 1. The molecule has 0 atom stereocenters. The van der Waals surface area contributed by atoms with E-state index in [4.69, 9.17) is 14.0 Å². The number of carbonyl (C=O) groups excluding carboxylic acids is 1. The van der Waals surface area contributed by atoms with Crippen LogP contribution in [0, 0.1) is 0 Å². The van der Waals surface area contributed by atoms with Crippen molar-refractivity contribution in [1.82, 2.24) is 20.1 Å². The number of fused-ring (bicyclic) bond motifs is 1. The third-order valence-corrected chi connectivity index (χ3v) is 5.38. The number of rotatable bonds is 7. The van der Waals surface area contributed by atoms with Crippen LogP contribution in [0.5, 0.6) is 5.75 Å². The number of benzene rings is 3. The molecule has 0 saturated carbocycles. The van der Waals surface area contributed by atoms with Gasteiger partial charge in [-0.2, -0.15) is 4.98 Å². The first-order valence-corrected chi connectivity index (χ1v) is 10.8. The van der Waals surface area contributed by atoms with Crippen molar-refractivity contribution in [2.45, 2.75) is 13.0 Å². The van der Waals surface area contributed by atoms with Crippen LogP contribution in [0.25, 0.3) is 22.3 Å². The molecule has 2 aromatic heterocycles. The van der Waals surface area contributed by atoms with E-state index in [1.807, 2.05) is 30.3 Å². The maximum Gasteiger partial charge on any atom is 0.338 e. The second-order valence-electron chi connectivity index (χ2n) is 7.68. The van der Waals surface area contributed by atoms with Crippen molar-refractivity contribution in [2.24, 2.45) is 0 Å². The Morgan fingerprint density at radius 1 is 1.00 bits per heavy atom. The summed E-state index contributed by atoms with van der Waals surface area (Å²) >= 11 is 0. The van der Waals surface area contributed by atoms with E-state index < -0.39 is 5.97 Å². The molecule has 5 rings (SSSR count). The van der Waals surface area contributed by atoms with Crippen LogP contribution < -0.4 is 10.3 Å². The lowest BCUT2D eigenvalue weighted by Crippen LogP contribution is -2.14. The Hall–Kier alpha value is -4.79. The van der Waals surface area contributed by atoms with Crippen molar-refractivity contribution in [3.05, 3.63) is 106 Å². The molecule has 0 fully saturated rings. The molecular weight excluding hydrogens is 448 g/mol. The second-order valence-corrected chi connectivity index (χ2v) is 7.68. The molecule has 9 heteroatoms. The number of ether oxygens (including phenoxy) is 2. The maximum absolute atomic E-state index is 12.8. The lowest BCUT2D eigenvalue weighted by atomic mass is 10.0. The minimum Gasteiger partial charge on any atom is -0.497 e. The molecule has 0 aliphatic rings. The van der Waals surface area contributed by atoms with Crippen LogP contribution in [0.4, 0.5) is 0 Å². The minimum atomic E-state index is -0.551. The lowest BCUT2D eigenvalue weighted by Gasteiger charge is -2.09. The van der Waals surface area contributed by atoms with Crippen LogP contribution in [-0.4, -0.2) is 33.2 Å². The fourth-order valence-corrected chi connectivity index (χ4v) is 3.67. The summed E-state index contributed by atoms with van der Waals surface area (Å²) in [5, 5.41) is 4.46. The van der Waals surface area contributed by atoms with Gasteiger partial charge in [-0.05, 0) is 35.9 Å². The second kappa shape index (κ2) is 9.60.